The number of nitrogens with one attached hydrogen (secondary N) is 1. The molecule has 2 aromatic heterocycles. The van der Waals surface area contributed by atoms with Crippen LogP contribution in [0, 0.1) is 6.92 Å². The number of methoxy groups -OCH3 is 1. The smallest absolute Gasteiger partial charge is 0.240 e. The second-order valence-electron chi connectivity index (χ2n) is 9.15. The van der Waals surface area contributed by atoms with E-state index in [0.717, 1.165) is 32.9 Å². The largest absolute Gasteiger partial charge is 0.385 e. The average molecular weight is 581 g/mol. The van der Waals surface area contributed by atoms with Gasteiger partial charge in [-0.05, 0) is 48.1 Å². The molecule has 1 N–H and O–H groups in total. The number of rotatable bonds is 9. The maximum absolute atomic E-state index is 13.7. The van der Waals surface area contributed by atoms with Gasteiger partial charge in [-0.15, -0.1) is 23.1 Å². The number of thiophene rings is 1. The molecule has 39 heavy (non-hydrogen) atoms. The Kier molecular flexibility index (Phi) is 8.72. The number of nitrogens with zero attached hydrogens (tertiary/aromatic N) is 3. The Morgan fingerprint density at radius 1 is 1.15 bits per heavy atom. The molecule has 5 rings (SSSR count). The summed E-state index contributed by atoms with van der Waals surface area (Å²) in [7, 11) is 1.63. The fourth-order valence-electron chi connectivity index (χ4n) is 4.66. The van der Waals surface area contributed by atoms with Crippen LogP contribution < -0.4 is 10.2 Å². The molecule has 0 spiro atoms. The average Bonchev–Trinajstić information content (AvgIpc) is 3.57. The predicted octanol–water partition coefficient (Wildman–Crippen LogP) is 5.88. The summed E-state index contributed by atoms with van der Waals surface area (Å²) in [6.45, 7) is 2.92. The molecule has 7 nitrogen and oxygen atoms in total. The van der Waals surface area contributed by atoms with Crippen LogP contribution in [-0.4, -0.2) is 54.2 Å². The molecule has 2 aromatic carbocycles. The van der Waals surface area contributed by atoms with Crippen molar-refractivity contribution in [3.05, 3.63) is 87.8 Å². The first-order chi connectivity index (χ1) is 19.0. The van der Waals surface area contributed by atoms with Crippen molar-refractivity contribution < 1.29 is 14.3 Å². The second kappa shape index (κ2) is 12.4. The Labute approximate surface area is 241 Å². The van der Waals surface area contributed by atoms with E-state index in [2.05, 4.69) is 5.32 Å². The quantitative estimate of drug-likeness (QED) is 0.250. The van der Waals surface area contributed by atoms with Gasteiger partial charge in [-0.25, -0.2) is 4.68 Å². The van der Waals surface area contributed by atoms with E-state index in [9.17, 15) is 9.59 Å². The van der Waals surface area contributed by atoms with Gasteiger partial charge in [0.05, 0.1) is 21.6 Å². The molecule has 3 heterocycles. The highest BCUT2D eigenvalue weighted by Crippen LogP contribution is 2.50. The van der Waals surface area contributed by atoms with E-state index in [4.69, 9.17) is 21.4 Å². The van der Waals surface area contributed by atoms with Gasteiger partial charge >= 0.3 is 0 Å². The normalized spacial score (nSPS) is 15.2. The van der Waals surface area contributed by atoms with Crippen molar-refractivity contribution in [1.82, 2.24) is 15.1 Å². The molecule has 0 bridgehead atoms. The van der Waals surface area contributed by atoms with Crippen molar-refractivity contribution >= 4 is 52.3 Å². The standard InChI is InChI=1S/C29H29ClN4O3S2/c1-19-9-3-6-12-22(19)34-29-26(27(32-34)23-13-7-16-38-23)28(20-10-4-5-11-21(20)30)39-18-25(36)33(29)17-24(35)31-14-8-15-37-2/h3-7,9-13,16,28H,8,14-15,17-18H2,1-2H3,(H,31,35)/t28-/m0/s1. The Morgan fingerprint density at radius 3 is 2.69 bits per heavy atom. The van der Waals surface area contributed by atoms with Crippen molar-refractivity contribution in [3.8, 4) is 16.3 Å². The lowest BCUT2D eigenvalue weighted by Crippen LogP contribution is -2.42. The van der Waals surface area contributed by atoms with Gasteiger partial charge in [0.15, 0.2) is 0 Å². The van der Waals surface area contributed by atoms with Gasteiger partial charge in [0.2, 0.25) is 11.8 Å². The molecular formula is C29H29ClN4O3S2. The number of carbonyl (C=O) groups excluding carboxylic acids is 2. The van der Waals surface area contributed by atoms with Crippen molar-refractivity contribution in [3.63, 3.8) is 0 Å². The third-order valence-electron chi connectivity index (χ3n) is 6.52. The van der Waals surface area contributed by atoms with E-state index in [1.165, 1.54) is 11.8 Å². The van der Waals surface area contributed by atoms with Gasteiger partial charge in [0.25, 0.3) is 0 Å². The molecule has 1 aliphatic heterocycles. The van der Waals surface area contributed by atoms with Gasteiger partial charge < -0.3 is 10.1 Å². The van der Waals surface area contributed by atoms with Gasteiger partial charge in [0, 0.05) is 30.8 Å². The van der Waals surface area contributed by atoms with E-state index >= 15 is 0 Å². The van der Waals surface area contributed by atoms with Crippen molar-refractivity contribution in [2.45, 2.75) is 18.6 Å². The zero-order valence-corrected chi connectivity index (χ0v) is 24.1. The van der Waals surface area contributed by atoms with Crippen LogP contribution >= 0.6 is 34.7 Å². The number of halogens is 1. The summed E-state index contributed by atoms with van der Waals surface area (Å²) in [5, 5.41) is 10.4. The van der Waals surface area contributed by atoms with Crippen LogP contribution in [0.2, 0.25) is 5.02 Å². The number of amides is 2. The molecule has 0 fully saturated rings. The molecule has 0 unspecified atom stereocenters. The molecule has 202 valence electrons. The molecule has 1 atom stereocenters. The minimum Gasteiger partial charge on any atom is -0.385 e. The summed E-state index contributed by atoms with van der Waals surface area (Å²) in [6.07, 6.45) is 0.690. The Morgan fingerprint density at radius 2 is 1.95 bits per heavy atom. The van der Waals surface area contributed by atoms with E-state index < -0.39 is 0 Å². The van der Waals surface area contributed by atoms with E-state index in [-0.39, 0.29) is 29.4 Å². The lowest BCUT2D eigenvalue weighted by atomic mass is 10.0. The number of benzene rings is 2. The predicted molar refractivity (Wildman–Crippen MR) is 159 cm³/mol. The number of hydrogen-bond donors (Lipinski definition) is 1. The highest BCUT2D eigenvalue weighted by molar-refractivity contribution is 8.00. The molecular weight excluding hydrogens is 552 g/mol. The van der Waals surface area contributed by atoms with Crippen LogP contribution in [0.3, 0.4) is 0 Å². The highest BCUT2D eigenvalue weighted by atomic mass is 35.5. The van der Waals surface area contributed by atoms with Crippen molar-refractivity contribution in [1.29, 1.82) is 0 Å². The summed E-state index contributed by atoms with van der Waals surface area (Å²) >= 11 is 9.83. The molecule has 0 saturated heterocycles. The van der Waals surface area contributed by atoms with Crippen LogP contribution in [-0.2, 0) is 14.3 Å². The summed E-state index contributed by atoms with van der Waals surface area (Å²) in [6, 6.07) is 19.7. The van der Waals surface area contributed by atoms with Crippen LogP contribution in [0.1, 0.15) is 28.4 Å². The van der Waals surface area contributed by atoms with Gasteiger partial charge in [-0.2, -0.15) is 5.10 Å². The topological polar surface area (TPSA) is 76.5 Å². The summed E-state index contributed by atoms with van der Waals surface area (Å²) in [5.41, 5.74) is 4.41. The first kappa shape index (κ1) is 27.5. The van der Waals surface area contributed by atoms with Crippen LogP contribution in [0.15, 0.2) is 66.0 Å². The number of aromatic nitrogens is 2. The summed E-state index contributed by atoms with van der Waals surface area (Å²) in [4.78, 5) is 29.4. The Hall–Kier alpha value is -3.11. The third kappa shape index (κ3) is 5.77. The van der Waals surface area contributed by atoms with Gasteiger partial charge in [0.1, 0.15) is 18.1 Å². The van der Waals surface area contributed by atoms with Gasteiger partial charge in [-0.1, -0.05) is 54.1 Å². The molecule has 4 aromatic rings. The third-order valence-corrected chi connectivity index (χ3v) is 8.98. The number of para-hydroxylation sites is 1. The number of hydrogen-bond acceptors (Lipinski definition) is 6. The maximum Gasteiger partial charge on any atom is 0.240 e. The Balaban J connectivity index is 1.71. The number of aryl methyl sites for hydroxylation is 1. The zero-order valence-electron chi connectivity index (χ0n) is 21.7. The lowest BCUT2D eigenvalue weighted by Gasteiger charge is -2.24. The van der Waals surface area contributed by atoms with Crippen LogP contribution in [0.5, 0.6) is 0 Å². The molecule has 0 radical (unpaired) electrons. The number of anilines is 1. The number of ether oxygens (including phenoxy) is 1. The van der Waals surface area contributed by atoms with Crippen molar-refractivity contribution in [2.75, 3.05) is 37.5 Å². The minimum absolute atomic E-state index is 0.115. The summed E-state index contributed by atoms with van der Waals surface area (Å²) < 4.78 is 6.92. The minimum atomic E-state index is -0.262. The van der Waals surface area contributed by atoms with Gasteiger partial charge in [-0.3, -0.25) is 14.5 Å². The number of carbonyl (C=O) groups is 2. The maximum atomic E-state index is 13.7. The first-order valence-electron chi connectivity index (χ1n) is 12.6. The number of fused-ring (bicyclic) bond motifs is 1. The first-order valence-corrected chi connectivity index (χ1v) is 14.9. The van der Waals surface area contributed by atoms with Crippen LogP contribution in [0.25, 0.3) is 16.3 Å². The fraction of sp³-hybridized carbons (Fsp3) is 0.276. The molecule has 1 aliphatic rings. The molecule has 10 heteroatoms. The Bertz CT molecular complexity index is 1470. The van der Waals surface area contributed by atoms with Crippen LogP contribution in [0.4, 0.5) is 5.82 Å². The van der Waals surface area contributed by atoms with Crippen molar-refractivity contribution in [2.24, 2.45) is 0 Å². The highest BCUT2D eigenvalue weighted by Gasteiger charge is 2.38. The number of thioether (sulfide) groups is 1. The molecule has 0 saturated carbocycles. The lowest BCUT2D eigenvalue weighted by molar-refractivity contribution is -0.122. The monoisotopic (exact) mass is 580 g/mol. The molecule has 2 amide bonds. The van der Waals surface area contributed by atoms with E-state index in [0.29, 0.717) is 30.4 Å². The summed E-state index contributed by atoms with van der Waals surface area (Å²) in [5.74, 6) is 0.399. The fourth-order valence-corrected chi connectivity index (χ4v) is 6.93. The second-order valence-corrected chi connectivity index (χ2v) is 11.6. The zero-order chi connectivity index (χ0) is 27.4. The SMILES string of the molecule is COCCCNC(=O)CN1C(=O)CS[C@@H](c2ccccc2Cl)c2c(-c3cccs3)nn(-c3ccccc3C)c21. The molecule has 0 aliphatic carbocycles. The van der Waals surface area contributed by atoms with E-state index in [1.54, 1.807) is 23.3 Å². The van der Waals surface area contributed by atoms with E-state index in [1.807, 2.05) is 77.6 Å².